The first-order chi connectivity index (χ1) is 10.2. The third kappa shape index (κ3) is 3.92. The van der Waals surface area contributed by atoms with Gasteiger partial charge in [-0.05, 0) is 51.8 Å². The predicted octanol–water partition coefficient (Wildman–Crippen LogP) is 1.22. The molecule has 2 saturated heterocycles. The monoisotopic (exact) mass is 289 g/mol. The van der Waals surface area contributed by atoms with Gasteiger partial charge < -0.3 is 10.2 Å². The lowest BCUT2D eigenvalue weighted by molar-refractivity contribution is 0.196. The zero-order chi connectivity index (χ0) is 14.7. The highest BCUT2D eigenvalue weighted by Crippen LogP contribution is 2.17. The Labute approximate surface area is 127 Å². The Balaban J connectivity index is 1.52. The second-order valence-corrected chi connectivity index (χ2v) is 6.43. The van der Waals surface area contributed by atoms with Gasteiger partial charge >= 0.3 is 0 Å². The number of nitrogens with zero attached hydrogens (tertiary/aromatic N) is 4. The molecule has 0 bridgehead atoms. The minimum Gasteiger partial charge on any atom is -0.338 e. The van der Waals surface area contributed by atoms with Crippen LogP contribution in [-0.2, 0) is 0 Å². The fourth-order valence-corrected chi connectivity index (χ4v) is 3.41. The number of hydrogen-bond donors (Lipinski definition) is 1. The van der Waals surface area contributed by atoms with Crippen LogP contribution in [-0.4, -0.2) is 60.7 Å². The smallest absolute Gasteiger partial charge is 0.225 e. The van der Waals surface area contributed by atoms with Crippen LogP contribution in [0.3, 0.4) is 0 Å². The molecular formula is C16H27N5. The Morgan fingerprint density at radius 3 is 2.29 bits per heavy atom. The molecule has 0 aliphatic carbocycles. The van der Waals surface area contributed by atoms with E-state index in [0.29, 0.717) is 0 Å². The quantitative estimate of drug-likeness (QED) is 0.906. The van der Waals surface area contributed by atoms with E-state index in [9.17, 15) is 0 Å². The predicted molar refractivity (Wildman–Crippen MR) is 85.8 cm³/mol. The van der Waals surface area contributed by atoms with E-state index in [1.54, 1.807) is 0 Å². The van der Waals surface area contributed by atoms with Crippen molar-refractivity contribution in [3.63, 3.8) is 0 Å². The molecular weight excluding hydrogens is 262 g/mol. The number of anilines is 1. The van der Waals surface area contributed by atoms with Crippen LogP contribution in [0, 0.1) is 19.8 Å². The van der Waals surface area contributed by atoms with E-state index >= 15 is 0 Å². The number of piperazine rings is 1. The van der Waals surface area contributed by atoms with Gasteiger partial charge in [-0.1, -0.05) is 0 Å². The summed E-state index contributed by atoms with van der Waals surface area (Å²) in [5.74, 6) is 1.80. The fraction of sp³-hybridized carbons (Fsp3) is 0.750. The van der Waals surface area contributed by atoms with Gasteiger partial charge in [-0.15, -0.1) is 0 Å². The lowest BCUT2D eigenvalue weighted by Crippen LogP contribution is -2.49. The molecule has 0 amide bonds. The maximum atomic E-state index is 4.59. The molecule has 0 spiro atoms. The van der Waals surface area contributed by atoms with Crippen LogP contribution in [0.1, 0.15) is 24.2 Å². The summed E-state index contributed by atoms with van der Waals surface area (Å²) in [4.78, 5) is 14.1. The SMILES string of the molecule is Cc1cc(C)nc(N2CCN(CC3CCNCC3)CC2)n1. The van der Waals surface area contributed by atoms with E-state index < -0.39 is 0 Å². The molecule has 21 heavy (non-hydrogen) atoms. The van der Waals surface area contributed by atoms with Crippen molar-refractivity contribution in [3.05, 3.63) is 17.5 Å². The van der Waals surface area contributed by atoms with E-state index in [4.69, 9.17) is 0 Å². The summed E-state index contributed by atoms with van der Waals surface area (Å²) in [6.07, 6.45) is 2.67. The number of piperidine rings is 1. The van der Waals surface area contributed by atoms with Crippen LogP contribution >= 0.6 is 0 Å². The zero-order valence-electron chi connectivity index (χ0n) is 13.3. The number of rotatable bonds is 3. The highest BCUT2D eigenvalue weighted by Gasteiger charge is 2.22. The van der Waals surface area contributed by atoms with Crippen molar-refractivity contribution >= 4 is 5.95 Å². The van der Waals surface area contributed by atoms with Crippen LogP contribution in [0.4, 0.5) is 5.95 Å². The maximum Gasteiger partial charge on any atom is 0.225 e. The normalized spacial score (nSPS) is 21.7. The van der Waals surface area contributed by atoms with Crippen molar-refractivity contribution in [1.29, 1.82) is 0 Å². The maximum absolute atomic E-state index is 4.59. The van der Waals surface area contributed by atoms with Crippen LogP contribution in [0.15, 0.2) is 6.07 Å². The second-order valence-electron chi connectivity index (χ2n) is 6.43. The molecule has 5 heteroatoms. The molecule has 0 unspecified atom stereocenters. The molecule has 0 saturated carbocycles. The van der Waals surface area contributed by atoms with Crippen molar-refractivity contribution in [1.82, 2.24) is 20.2 Å². The summed E-state index contributed by atoms with van der Waals surface area (Å²) >= 11 is 0. The van der Waals surface area contributed by atoms with Crippen LogP contribution in [0.2, 0.25) is 0 Å². The Morgan fingerprint density at radius 1 is 1.05 bits per heavy atom. The average molecular weight is 289 g/mol. The van der Waals surface area contributed by atoms with Gasteiger partial charge in [0.2, 0.25) is 5.95 Å². The van der Waals surface area contributed by atoms with Crippen molar-refractivity contribution < 1.29 is 0 Å². The third-order valence-corrected chi connectivity index (χ3v) is 4.60. The molecule has 3 rings (SSSR count). The Bertz CT molecular complexity index is 441. The molecule has 0 aromatic carbocycles. The van der Waals surface area contributed by atoms with Gasteiger partial charge in [-0.3, -0.25) is 4.90 Å². The second kappa shape index (κ2) is 6.71. The Morgan fingerprint density at radius 2 is 1.67 bits per heavy atom. The average Bonchev–Trinajstić information content (AvgIpc) is 2.48. The molecule has 1 aromatic heterocycles. The summed E-state index contributed by atoms with van der Waals surface area (Å²) in [5, 5.41) is 3.45. The molecule has 2 aliphatic heterocycles. The lowest BCUT2D eigenvalue weighted by Gasteiger charge is -2.37. The first kappa shape index (κ1) is 14.7. The first-order valence-electron chi connectivity index (χ1n) is 8.21. The molecule has 5 nitrogen and oxygen atoms in total. The first-order valence-corrected chi connectivity index (χ1v) is 8.21. The van der Waals surface area contributed by atoms with Crippen LogP contribution in [0.25, 0.3) is 0 Å². The standard InChI is InChI=1S/C16H27N5/c1-13-11-14(2)19-16(18-13)21-9-7-20(8-10-21)12-15-3-5-17-6-4-15/h11,15,17H,3-10,12H2,1-2H3. The molecule has 0 atom stereocenters. The summed E-state index contributed by atoms with van der Waals surface area (Å²) in [5.41, 5.74) is 2.13. The molecule has 2 fully saturated rings. The van der Waals surface area contributed by atoms with Gasteiger partial charge in [0.25, 0.3) is 0 Å². The summed E-state index contributed by atoms with van der Waals surface area (Å²) < 4.78 is 0. The number of nitrogens with one attached hydrogen (secondary N) is 1. The molecule has 116 valence electrons. The highest BCUT2D eigenvalue weighted by molar-refractivity contribution is 5.32. The van der Waals surface area contributed by atoms with Crippen LogP contribution < -0.4 is 10.2 Å². The van der Waals surface area contributed by atoms with E-state index in [1.807, 2.05) is 19.9 Å². The van der Waals surface area contributed by atoms with E-state index in [0.717, 1.165) is 49.4 Å². The van der Waals surface area contributed by atoms with Crippen LogP contribution in [0.5, 0.6) is 0 Å². The number of hydrogen-bond acceptors (Lipinski definition) is 5. The lowest BCUT2D eigenvalue weighted by atomic mass is 9.97. The fourth-order valence-electron chi connectivity index (χ4n) is 3.41. The minimum atomic E-state index is 0.885. The summed E-state index contributed by atoms with van der Waals surface area (Å²) in [7, 11) is 0. The molecule has 2 aliphatic rings. The van der Waals surface area contributed by atoms with E-state index in [-0.39, 0.29) is 0 Å². The highest BCUT2D eigenvalue weighted by atomic mass is 15.3. The molecule has 1 N–H and O–H groups in total. The summed E-state index contributed by atoms with van der Waals surface area (Å²) in [6, 6.07) is 2.04. The number of aromatic nitrogens is 2. The van der Waals surface area contributed by atoms with Gasteiger partial charge in [0.15, 0.2) is 0 Å². The number of aryl methyl sites for hydroxylation is 2. The van der Waals surface area contributed by atoms with Gasteiger partial charge in [-0.25, -0.2) is 9.97 Å². The molecule has 1 aromatic rings. The van der Waals surface area contributed by atoms with Crippen molar-refractivity contribution in [2.24, 2.45) is 5.92 Å². The largest absolute Gasteiger partial charge is 0.338 e. The van der Waals surface area contributed by atoms with Gasteiger partial charge in [-0.2, -0.15) is 0 Å². The summed E-state index contributed by atoms with van der Waals surface area (Å²) in [6.45, 7) is 12.1. The third-order valence-electron chi connectivity index (χ3n) is 4.60. The zero-order valence-corrected chi connectivity index (χ0v) is 13.3. The topological polar surface area (TPSA) is 44.3 Å². The minimum absolute atomic E-state index is 0.885. The molecule has 3 heterocycles. The van der Waals surface area contributed by atoms with Gasteiger partial charge in [0.05, 0.1) is 0 Å². The van der Waals surface area contributed by atoms with Gasteiger partial charge in [0.1, 0.15) is 0 Å². The van der Waals surface area contributed by atoms with Crippen molar-refractivity contribution in [2.45, 2.75) is 26.7 Å². The Hall–Kier alpha value is -1.20. The van der Waals surface area contributed by atoms with E-state index in [1.165, 1.54) is 32.5 Å². The van der Waals surface area contributed by atoms with E-state index in [2.05, 4.69) is 25.1 Å². The van der Waals surface area contributed by atoms with Crippen molar-refractivity contribution in [3.8, 4) is 0 Å². The van der Waals surface area contributed by atoms with Gasteiger partial charge in [0, 0.05) is 44.1 Å². The van der Waals surface area contributed by atoms with Crippen molar-refractivity contribution in [2.75, 3.05) is 50.7 Å². The molecule has 0 radical (unpaired) electrons. The Kier molecular flexibility index (Phi) is 4.70.